The maximum Gasteiger partial charge on any atom is 0.290 e. The van der Waals surface area contributed by atoms with Crippen molar-refractivity contribution in [1.82, 2.24) is 10.3 Å². The molecule has 0 aliphatic rings. The number of aromatic nitrogens is 1. The summed E-state index contributed by atoms with van der Waals surface area (Å²) in [6.07, 6.45) is 2.15. The minimum Gasteiger partial charge on any atom is -0.316 e. The standard InChI is InChI=1S/C12H19N3O2/c1-12(2,3)11(13-4)8-9-10(15(16)17)6-5-7-14-9/h5-7,11,13H,8H2,1-4H3. The molecule has 0 aliphatic carbocycles. The number of nitro groups is 1. The molecule has 0 aliphatic heterocycles. The van der Waals surface area contributed by atoms with Crippen LogP contribution in [0.4, 0.5) is 5.69 Å². The molecule has 1 aromatic rings. The molecule has 5 nitrogen and oxygen atoms in total. The molecule has 0 spiro atoms. The minimum atomic E-state index is -0.377. The topological polar surface area (TPSA) is 68.1 Å². The van der Waals surface area contributed by atoms with Crippen molar-refractivity contribution in [3.8, 4) is 0 Å². The third-order valence-corrected chi connectivity index (χ3v) is 2.85. The van der Waals surface area contributed by atoms with Crippen LogP contribution >= 0.6 is 0 Å². The normalized spacial score (nSPS) is 13.4. The van der Waals surface area contributed by atoms with Crippen LogP contribution in [0.15, 0.2) is 18.3 Å². The van der Waals surface area contributed by atoms with Crippen LogP contribution in [0.2, 0.25) is 0 Å². The molecule has 5 heteroatoms. The van der Waals surface area contributed by atoms with E-state index in [1.807, 2.05) is 7.05 Å². The first-order valence-electron chi connectivity index (χ1n) is 5.62. The fourth-order valence-corrected chi connectivity index (χ4v) is 1.79. The zero-order valence-corrected chi connectivity index (χ0v) is 10.7. The van der Waals surface area contributed by atoms with Crippen molar-refractivity contribution in [1.29, 1.82) is 0 Å². The molecule has 0 radical (unpaired) electrons. The molecule has 0 bridgehead atoms. The SMILES string of the molecule is CNC(Cc1ncccc1[N+](=O)[O-])C(C)(C)C. The molecule has 0 fully saturated rings. The first-order chi connectivity index (χ1) is 7.86. The summed E-state index contributed by atoms with van der Waals surface area (Å²) < 4.78 is 0. The molecule has 0 saturated carbocycles. The molecular weight excluding hydrogens is 218 g/mol. The van der Waals surface area contributed by atoms with Crippen LogP contribution in [-0.4, -0.2) is 23.0 Å². The number of pyridine rings is 1. The van der Waals surface area contributed by atoms with E-state index in [9.17, 15) is 10.1 Å². The van der Waals surface area contributed by atoms with Crippen molar-refractivity contribution in [2.75, 3.05) is 7.05 Å². The number of likely N-dealkylation sites (N-methyl/N-ethyl adjacent to an activating group) is 1. The van der Waals surface area contributed by atoms with Gasteiger partial charge in [0.25, 0.3) is 5.69 Å². The zero-order valence-electron chi connectivity index (χ0n) is 10.7. The quantitative estimate of drug-likeness (QED) is 0.643. The number of hydrogen-bond donors (Lipinski definition) is 1. The average molecular weight is 237 g/mol. The largest absolute Gasteiger partial charge is 0.316 e. The summed E-state index contributed by atoms with van der Waals surface area (Å²) in [7, 11) is 1.87. The predicted octanol–water partition coefficient (Wildman–Crippen LogP) is 2.17. The van der Waals surface area contributed by atoms with Gasteiger partial charge in [-0.1, -0.05) is 20.8 Å². The van der Waals surface area contributed by atoms with Crippen molar-refractivity contribution < 1.29 is 4.92 Å². The molecule has 1 atom stereocenters. The summed E-state index contributed by atoms with van der Waals surface area (Å²) in [5.41, 5.74) is 0.656. The van der Waals surface area contributed by atoms with Crippen LogP contribution in [-0.2, 0) is 6.42 Å². The van der Waals surface area contributed by atoms with Crippen LogP contribution in [0.5, 0.6) is 0 Å². The van der Waals surface area contributed by atoms with Crippen LogP contribution in [0.3, 0.4) is 0 Å². The number of nitrogens with zero attached hydrogens (tertiary/aromatic N) is 2. The van der Waals surface area contributed by atoms with Gasteiger partial charge >= 0.3 is 0 Å². The molecule has 1 unspecified atom stereocenters. The maximum absolute atomic E-state index is 10.9. The highest BCUT2D eigenvalue weighted by Crippen LogP contribution is 2.25. The molecule has 1 aromatic heterocycles. The smallest absolute Gasteiger partial charge is 0.290 e. The summed E-state index contributed by atoms with van der Waals surface area (Å²) >= 11 is 0. The third kappa shape index (κ3) is 3.49. The Balaban J connectivity index is 2.98. The number of rotatable bonds is 4. The van der Waals surface area contributed by atoms with Crippen molar-refractivity contribution in [3.05, 3.63) is 34.1 Å². The van der Waals surface area contributed by atoms with E-state index in [-0.39, 0.29) is 22.1 Å². The van der Waals surface area contributed by atoms with Gasteiger partial charge < -0.3 is 5.32 Å². The zero-order chi connectivity index (χ0) is 13.1. The van der Waals surface area contributed by atoms with E-state index in [0.717, 1.165) is 0 Å². The predicted molar refractivity (Wildman–Crippen MR) is 66.9 cm³/mol. The van der Waals surface area contributed by atoms with Gasteiger partial charge in [0.2, 0.25) is 0 Å². The van der Waals surface area contributed by atoms with Crippen molar-refractivity contribution in [2.45, 2.75) is 33.2 Å². The first kappa shape index (κ1) is 13.6. The van der Waals surface area contributed by atoms with Gasteiger partial charge in [-0.3, -0.25) is 15.1 Å². The van der Waals surface area contributed by atoms with E-state index < -0.39 is 0 Å². The van der Waals surface area contributed by atoms with Gasteiger partial charge in [0.05, 0.1) is 4.92 Å². The lowest BCUT2D eigenvalue weighted by molar-refractivity contribution is -0.386. The Morgan fingerprint density at radius 1 is 1.53 bits per heavy atom. The second-order valence-corrected chi connectivity index (χ2v) is 5.14. The van der Waals surface area contributed by atoms with E-state index in [0.29, 0.717) is 12.1 Å². The highest BCUT2D eigenvalue weighted by molar-refractivity contribution is 5.35. The number of nitrogens with one attached hydrogen (secondary N) is 1. The Kier molecular flexibility index (Phi) is 4.17. The van der Waals surface area contributed by atoms with Gasteiger partial charge in [0.15, 0.2) is 0 Å². The second kappa shape index (κ2) is 5.23. The molecule has 94 valence electrons. The van der Waals surface area contributed by atoms with Crippen LogP contribution in [0.25, 0.3) is 0 Å². The van der Waals surface area contributed by atoms with E-state index in [1.165, 1.54) is 6.07 Å². The van der Waals surface area contributed by atoms with E-state index in [1.54, 1.807) is 12.3 Å². The molecule has 1 heterocycles. The first-order valence-corrected chi connectivity index (χ1v) is 5.62. The Bertz CT molecular complexity index is 399. The summed E-state index contributed by atoms with van der Waals surface area (Å²) in [6.45, 7) is 6.30. The highest BCUT2D eigenvalue weighted by Gasteiger charge is 2.26. The van der Waals surface area contributed by atoms with E-state index >= 15 is 0 Å². The molecule has 1 rings (SSSR count). The van der Waals surface area contributed by atoms with Crippen LogP contribution < -0.4 is 5.32 Å². The van der Waals surface area contributed by atoms with Crippen molar-refractivity contribution >= 4 is 5.69 Å². The molecular formula is C12H19N3O2. The molecule has 0 aromatic carbocycles. The molecule has 17 heavy (non-hydrogen) atoms. The maximum atomic E-state index is 10.9. The Hall–Kier alpha value is -1.49. The van der Waals surface area contributed by atoms with Crippen LogP contribution in [0.1, 0.15) is 26.5 Å². The Labute approximate surface area is 101 Å². The van der Waals surface area contributed by atoms with Gasteiger partial charge in [-0.15, -0.1) is 0 Å². The summed E-state index contributed by atoms with van der Waals surface area (Å²) in [4.78, 5) is 14.6. The summed E-state index contributed by atoms with van der Waals surface area (Å²) in [5.74, 6) is 0. The van der Waals surface area contributed by atoms with E-state index in [2.05, 4.69) is 31.1 Å². The molecule has 0 amide bonds. The number of hydrogen-bond acceptors (Lipinski definition) is 4. The van der Waals surface area contributed by atoms with Gasteiger partial charge in [-0.25, -0.2) is 0 Å². The lowest BCUT2D eigenvalue weighted by atomic mass is 9.84. The lowest BCUT2D eigenvalue weighted by Crippen LogP contribution is -2.40. The van der Waals surface area contributed by atoms with Crippen molar-refractivity contribution in [2.24, 2.45) is 5.41 Å². The van der Waals surface area contributed by atoms with Gasteiger partial charge in [-0.05, 0) is 18.5 Å². The summed E-state index contributed by atoms with van der Waals surface area (Å²) in [6, 6.07) is 3.24. The average Bonchev–Trinajstić information content (AvgIpc) is 2.24. The lowest BCUT2D eigenvalue weighted by Gasteiger charge is -2.30. The van der Waals surface area contributed by atoms with E-state index in [4.69, 9.17) is 0 Å². The van der Waals surface area contributed by atoms with Crippen LogP contribution in [0, 0.1) is 15.5 Å². The van der Waals surface area contributed by atoms with Gasteiger partial charge in [0.1, 0.15) is 5.69 Å². The monoisotopic (exact) mass is 237 g/mol. The molecule has 0 saturated heterocycles. The minimum absolute atomic E-state index is 0.0279. The molecule has 1 N–H and O–H groups in total. The van der Waals surface area contributed by atoms with Gasteiger partial charge in [-0.2, -0.15) is 0 Å². The fourth-order valence-electron chi connectivity index (χ4n) is 1.79. The second-order valence-electron chi connectivity index (χ2n) is 5.14. The third-order valence-electron chi connectivity index (χ3n) is 2.85. The van der Waals surface area contributed by atoms with Crippen molar-refractivity contribution in [3.63, 3.8) is 0 Å². The Morgan fingerprint density at radius 2 is 2.18 bits per heavy atom. The summed E-state index contributed by atoms with van der Waals surface area (Å²) in [5, 5.41) is 14.1. The van der Waals surface area contributed by atoms with Gasteiger partial charge in [0, 0.05) is 24.7 Å². The highest BCUT2D eigenvalue weighted by atomic mass is 16.6. The Morgan fingerprint density at radius 3 is 2.65 bits per heavy atom. The fraction of sp³-hybridized carbons (Fsp3) is 0.583.